The Morgan fingerprint density at radius 1 is 1.64 bits per heavy atom. The lowest BCUT2D eigenvalue weighted by molar-refractivity contribution is -0.156. The fourth-order valence-corrected chi connectivity index (χ4v) is 0.770. The molecule has 1 aliphatic heterocycles. The second-order valence-electron chi connectivity index (χ2n) is 2.35. The number of carbonyl (C=O) groups is 1. The molecule has 0 radical (unpaired) electrons. The van der Waals surface area contributed by atoms with E-state index in [1.807, 2.05) is 13.0 Å². The Balaban J connectivity index is 2.50. The normalized spacial score (nSPS) is 30.0. The van der Waals surface area contributed by atoms with Gasteiger partial charge in [-0.25, -0.2) is 4.79 Å². The number of hydrogen-bond donors (Lipinski definition) is 1. The molecule has 62 valence electrons. The van der Waals surface area contributed by atoms with Gasteiger partial charge in [0, 0.05) is 6.04 Å². The molecule has 0 aromatic rings. The van der Waals surface area contributed by atoms with Crippen LogP contribution in [-0.2, 0) is 14.4 Å². The molecule has 0 amide bonds. The van der Waals surface area contributed by atoms with Crippen LogP contribution in [-0.4, -0.2) is 25.2 Å². The summed E-state index contributed by atoms with van der Waals surface area (Å²) in [5, 5.41) is 0. The Kier molecular flexibility index (Phi) is 2.62. The quantitative estimate of drug-likeness (QED) is 0.430. The highest BCUT2D eigenvalue weighted by Gasteiger charge is 2.20. The zero-order valence-corrected chi connectivity index (χ0v) is 6.53. The Morgan fingerprint density at radius 3 is 2.82 bits per heavy atom. The molecule has 0 aromatic carbocycles. The molecule has 0 aromatic heterocycles. The summed E-state index contributed by atoms with van der Waals surface area (Å²) in [6.07, 6.45) is 2.93. The van der Waals surface area contributed by atoms with E-state index in [1.54, 1.807) is 6.08 Å². The van der Waals surface area contributed by atoms with Crippen molar-refractivity contribution in [2.24, 2.45) is 0 Å². The predicted molar refractivity (Wildman–Crippen MR) is 38.6 cm³/mol. The second kappa shape index (κ2) is 3.50. The van der Waals surface area contributed by atoms with Crippen molar-refractivity contribution in [3.8, 4) is 0 Å². The molecule has 0 bridgehead atoms. The molecule has 0 spiro atoms. The van der Waals surface area contributed by atoms with E-state index < -0.39 is 6.10 Å². The van der Waals surface area contributed by atoms with E-state index in [-0.39, 0.29) is 12.0 Å². The molecule has 11 heavy (non-hydrogen) atoms. The SMILES string of the molecule is COC(=O)[C@H]1C=C[C@H](C)NO1. The first-order chi connectivity index (χ1) is 5.24. The van der Waals surface area contributed by atoms with Crippen LogP contribution >= 0.6 is 0 Å². The minimum atomic E-state index is -0.601. The third kappa shape index (κ3) is 2.03. The average molecular weight is 157 g/mol. The van der Waals surface area contributed by atoms with Crippen molar-refractivity contribution in [2.45, 2.75) is 19.1 Å². The van der Waals surface area contributed by atoms with Crippen molar-refractivity contribution in [2.75, 3.05) is 7.11 Å². The van der Waals surface area contributed by atoms with Gasteiger partial charge in [0.15, 0.2) is 6.10 Å². The van der Waals surface area contributed by atoms with E-state index in [1.165, 1.54) is 7.11 Å². The summed E-state index contributed by atoms with van der Waals surface area (Å²) in [4.78, 5) is 15.8. The lowest BCUT2D eigenvalue weighted by Gasteiger charge is -2.19. The van der Waals surface area contributed by atoms with Gasteiger partial charge < -0.3 is 4.74 Å². The standard InChI is InChI=1S/C7H11NO3/c1-5-3-4-6(11-8-5)7(9)10-2/h3-6,8H,1-2H3/t5-,6+/m0/s1. The van der Waals surface area contributed by atoms with Gasteiger partial charge in [-0.1, -0.05) is 6.08 Å². The van der Waals surface area contributed by atoms with Gasteiger partial charge in [0.2, 0.25) is 0 Å². The van der Waals surface area contributed by atoms with Crippen molar-refractivity contribution in [3.05, 3.63) is 12.2 Å². The predicted octanol–water partition coefficient (Wildman–Crippen LogP) is 0.00750. The topological polar surface area (TPSA) is 47.6 Å². The van der Waals surface area contributed by atoms with Crippen molar-refractivity contribution in [1.82, 2.24) is 5.48 Å². The third-order valence-corrected chi connectivity index (χ3v) is 1.39. The van der Waals surface area contributed by atoms with Crippen LogP contribution in [0.2, 0.25) is 0 Å². The smallest absolute Gasteiger partial charge is 0.341 e. The molecule has 1 rings (SSSR count). The fraction of sp³-hybridized carbons (Fsp3) is 0.571. The summed E-state index contributed by atoms with van der Waals surface area (Å²) in [5.41, 5.74) is 2.66. The summed E-state index contributed by atoms with van der Waals surface area (Å²) in [7, 11) is 1.33. The highest BCUT2D eigenvalue weighted by Crippen LogP contribution is 2.02. The van der Waals surface area contributed by atoms with Crippen molar-refractivity contribution in [1.29, 1.82) is 0 Å². The van der Waals surface area contributed by atoms with Gasteiger partial charge in [-0.2, -0.15) is 5.48 Å². The first kappa shape index (κ1) is 8.23. The molecule has 1 aliphatic rings. The average Bonchev–Trinajstić information content (AvgIpc) is 2.05. The van der Waals surface area contributed by atoms with E-state index in [4.69, 9.17) is 4.84 Å². The molecular weight excluding hydrogens is 146 g/mol. The highest BCUT2D eigenvalue weighted by molar-refractivity contribution is 5.76. The molecule has 0 saturated heterocycles. The van der Waals surface area contributed by atoms with Gasteiger partial charge in [0.25, 0.3) is 0 Å². The molecule has 0 fully saturated rings. The Hall–Kier alpha value is -0.870. The monoisotopic (exact) mass is 157 g/mol. The first-order valence-corrected chi connectivity index (χ1v) is 3.41. The number of esters is 1. The minimum absolute atomic E-state index is 0.149. The number of methoxy groups -OCH3 is 1. The second-order valence-corrected chi connectivity index (χ2v) is 2.35. The van der Waals surface area contributed by atoms with Crippen LogP contribution in [0.15, 0.2) is 12.2 Å². The fourth-order valence-electron chi connectivity index (χ4n) is 0.770. The van der Waals surface area contributed by atoms with Crippen LogP contribution in [0.1, 0.15) is 6.92 Å². The number of nitrogens with one attached hydrogen (secondary N) is 1. The van der Waals surface area contributed by atoms with Crippen LogP contribution in [0, 0.1) is 0 Å². The van der Waals surface area contributed by atoms with Crippen LogP contribution in [0.4, 0.5) is 0 Å². The Morgan fingerprint density at radius 2 is 2.36 bits per heavy atom. The van der Waals surface area contributed by atoms with Crippen LogP contribution in [0.3, 0.4) is 0 Å². The highest BCUT2D eigenvalue weighted by atomic mass is 16.7. The lowest BCUT2D eigenvalue weighted by Crippen LogP contribution is -2.38. The largest absolute Gasteiger partial charge is 0.467 e. The Bertz CT molecular complexity index is 179. The van der Waals surface area contributed by atoms with E-state index in [0.29, 0.717) is 0 Å². The van der Waals surface area contributed by atoms with E-state index >= 15 is 0 Å². The van der Waals surface area contributed by atoms with Gasteiger partial charge >= 0.3 is 5.97 Å². The van der Waals surface area contributed by atoms with E-state index in [2.05, 4.69) is 10.2 Å². The maximum Gasteiger partial charge on any atom is 0.341 e. The number of rotatable bonds is 1. The van der Waals surface area contributed by atoms with Gasteiger partial charge in [-0.3, -0.25) is 4.84 Å². The van der Waals surface area contributed by atoms with Crippen LogP contribution < -0.4 is 5.48 Å². The number of hydroxylamine groups is 1. The lowest BCUT2D eigenvalue weighted by atomic mass is 10.2. The number of hydrogen-bond acceptors (Lipinski definition) is 4. The van der Waals surface area contributed by atoms with E-state index in [0.717, 1.165) is 0 Å². The van der Waals surface area contributed by atoms with Crippen molar-refractivity contribution < 1.29 is 14.4 Å². The summed E-state index contributed by atoms with van der Waals surface area (Å²) in [6.45, 7) is 1.92. The molecule has 0 aliphatic carbocycles. The third-order valence-electron chi connectivity index (χ3n) is 1.39. The molecular formula is C7H11NO3. The number of ether oxygens (including phenoxy) is 1. The molecule has 0 unspecified atom stereocenters. The van der Waals surface area contributed by atoms with Crippen molar-refractivity contribution >= 4 is 5.97 Å². The maximum atomic E-state index is 10.8. The van der Waals surface area contributed by atoms with Crippen LogP contribution in [0.5, 0.6) is 0 Å². The molecule has 4 nitrogen and oxygen atoms in total. The number of carbonyl (C=O) groups excluding carboxylic acids is 1. The molecule has 4 heteroatoms. The summed E-state index contributed by atoms with van der Waals surface area (Å²) in [5.74, 6) is -0.388. The van der Waals surface area contributed by atoms with Crippen molar-refractivity contribution in [3.63, 3.8) is 0 Å². The van der Waals surface area contributed by atoms with Crippen LogP contribution in [0.25, 0.3) is 0 Å². The summed E-state index contributed by atoms with van der Waals surface area (Å²) < 4.78 is 4.47. The zero-order valence-electron chi connectivity index (χ0n) is 6.53. The van der Waals surface area contributed by atoms with E-state index in [9.17, 15) is 4.79 Å². The van der Waals surface area contributed by atoms with Gasteiger partial charge in [0.05, 0.1) is 7.11 Å². The molecule has 0 saturated carbocycles. The zero-order chi connectivity index (χ0) is 8.27. The van der Waals surface area contributed by atoms with Gasteiger partial charge in [-0.15, -0.1) is 0 Å². The molecule has 1 N–H and O–H groups in total. The Labute approximate surface area is 65.1 Å². The van der Waals surface area contributed by atoms with Gasteiger partial charge in [0.1, 0.15) is 0 Å². The summed E-state index contributed by atoms with van der Waals surface area (Å²) in [6, 6.07) is 0.149. The molecule has 1 heterocycles. The minimum Gasteiger partial charge on any atom is -0.467 e. The summed E-state index contributed by atoms with van der Waals surface area (Å²) >= 11 is 0. The molecule has 2 atom stereocenters. The van der Waals surface area contributed by atoms with Gasteiger partial charge in [-0.05, 0) is 13.0 Å². The first-order valence-electron chi connectivity index (χ1n) is 3.41. The maximum absolute atomic E-state index is 10.8.